The van der Waals surface area contributed by atoms with Gasteiger partial charge in [-0.05, 0) is 44.6 Å². The van der Waals surface area contributed by atoms with E-state index >= 15 is 0 Å². The fraction of sp³-hybridized carbons (Fsp3) is 0.600. The Morgan fingerprint density at radius 2 is 2.35 bits per heavy atom. The van der Waals surface area contributed by atoms with Crippen molar-refractivity contribution in [2.45, 2.75) is 46.1 Å². The first-order valence-electron chi connectivity index (χ1n) is 7.48. The van der Waals surface area contributed by atoms with Crippen LogP contribution in [0.2, 0.25) is 0 Å². The van der Waals surface area contributed by atoms with Gasteiger partial charge in [-0.2, -0.15) is 0 Å². The van der Waals surface area contributed by atoms with E-state index in [0.717, 1.165) is 41.3 Å². The zero-order valence-corrected chi connectivity index (χ0v) is 13.1. The number of aryl methyl sites for hydroxylation is 1. The number of hydrogen-bond acceptors (Lipinski definition) is 3. The van der Waals surface area contributed by atoms with Crippen LogP contribution in [-0.4, -0.2) is 16.5 Å². The first-order valence-corrected chi connectivity index (χ1v) is 8.29. The Bertz CT molecular complexity index is 688. The number of nitrogens with zero attached hydrogens (tertiary/aromatic N) is 1. The highest BCUT2D eigenvalue weighted by molar-refractivity contribution is 7.18. The SMILES string of the molecule is CC[NH2+][C@@H](C)c1nc2sc3c(c2c(=O)[nH]1)CC[C@@H](C)C3. The molecule has 1 aliphatic carbocycles. The van der Waals surface area contributed by atoms with Crippen molar-refractivity contribution < 1.29 is 5.32 Å². The molecule has 0 saturated heterocycles. The highest BCUT2D eigenvalue weighted by Gasteiger charge is 2.23. The molecule has 0 fully saturated rings. The predicted molar refractivity (Wildman–Crippen MR) is 82.3 cm³/mol. The molecule has 0 spiro atoms. The fourth-order valence-electron chi connectivity index (χ4n) is 3.05. The summed E-state index contributed by atoms with van der Waals surface area (Å²) in [5.74, 6) is 1.53. The molecule has 3 rings (SSSR count). The summed E-state index contributed by atoms with van der Waals surface area (Å²) < 4.78 is 0. The molecule has 0 aromatic carbocycles. The van der Waals surface area contributed by atoms with Crippen LogP contribution in [0, 0.1) is 5.92 Å². The van der Waals surface area contributed by atoms with Crippen molar-refractivity contribution in [1.82, 2.24) is 9.97 Å². The van der Waals surface area contributed by atoms with Crippen LogP contribution in [0.1, 0.15) is 49.5 Å². The van der Waals surface area contributed by atoms with Crippen LogP contribution >= 0.6 is 11.3 Å². The minimum atomic E-state index is 0.0495. The number of fused-ring (bicyclic) bond motifs is 3. The Balaban J connectivity index is 2.12. The van der Waals surface area contributed by atoms with Gasteiger partial charge in [0.05, 0.1) is 11.9 Å². The third kappa shape index (κ3) is 2.29. The van der Waals surface area contributed by atoms with E-state index in [0.29, 0.717) is 0 Å². The van der Waals surface area contributed by atoms with Gasteiger partial charge in [-0.3, -0.25) is 4.79 Å². The number of H-pyrrole nitrogens is 1. The van der Waals surface area contributed by atoms with Gasteiger partial charge in [0, 0.05) is 4.88 Å². The number of aromatic amines is 1. The highest BCUT2D eigenvalue weighted by atomic mass is 32.1. The molecule has 4 nitrogen and oxygen atoms in total. The second-order valence-electron chi connectivity index (χ2n) is 5.92. The number of nitrogens with one attached hydrogen (secondary N) is 1. The van der Waals surface area contributed by atoms with E-state index in [9.17, 15) is 4.79 Å². The maximum Gasteiger partial charge on any atom is 0.260 e. The smallest absolute Gasteiger partial charge is 0.260 e. The number of nitrogens with two attached hydrogens (primary N) is 1. The van der Waals surface area contributed by atoms with Crippen molar-refractivity contribution in [3.8, 4) is 0 Å². The summed E-state index contributed by atoms with van der Waals surface area (Å²) in [6.45, 7) is 7.47. The molecule has 5 heteroatoms. The van der Waals surface area contributed by atoms with Crippen molar-refractivity contribution in [3.05, 3.63) is 26.6 Å². The third-order valence-electron chi connectivity index (χ3n) is 4.20. The minimum absolute atomic E-state index is 0.0495. The lowest BCUT2D eigenvalue weighted by Gasteiger charge is -2.17. The zero-order chi connectivity index (χ0) is 14.3. The van der Waals surface area contributed by atoms with Gasteiger partial charge in [0.15, 0.2) is 5.82 Å². The lowest BCUT2D eigenvalue weighted by molar-refractivity contribution is -0.691. The number of rotatable bonds is 3. The molecule has 0 radical (unpaired) electrons. The van der Waals surface area contributed by atoms with Crippen LogP contribution in [0.25, 0.3) is 10.2 Å². The van der Waals surface area contributed by atoms with Crippen molar-refractivity contribution >= 4 is 21.6 Å². The molecule has 0 saturated carbocycles. The summed E-state index contributed by atoms with van der Waals surface area (Å²) in [5, 5.41) is 3.03. The molecular weight excluding hydrogens is 270 g/mol. The lowest BCUT2D eigenvalue weighted by atomic mass is 9.89. The van der Waals surface area contributed by atoms with Crippen molar-refractivity contribution in [3.63, 3.8) is 0 Å². The Kier molecular flexibility index (Phi) is 3.65. The lowest BCUT2D eigenvalue weighted by Crippen LogP contribution is -2.84. The fourth-order valence-corrected chi connectivity index (χ4v) is 4.44. The number of aromatic nitrogens is 2. The van der Waals surface area contributed by atoms with E-state index in [1.54, 1.807) is 11.3 Å². The maximum atomic E-state index is 12.4. The molecular formula is C15H22N3OS+. The Morgan fingerprint density at radius 3 is 3.10 bits per heavy atom. The zero-order valence-electron chi connectivity index (χ0n) is 12.3. The first-order chi connectivity index (χ1) is 9.60. The summed E-state index contributed by atoms with van der Waals surface area (Å²) >= 11 is 1.72. The molecule has 2 aromatic rings. The van der Waals surface area contributed by atoms with Gasteiger partial charge in [-0.15, -0.1) is 11.3 Å². The van der Waals surface area contributed by atoms with Gasteiger partial charge in [0.2, 0.25) is 0 Å². The van der Waals surface area contributed by atoms with Gasteiger partial charge in [0.1, 0.15) is 10.9 Å². The number of hydrogen-bond donors (Lipinski definition) is 2. The van der Waals surface area contributed by atoms with Crippen molar-refractivity contribution in [2.75, 3.05) is 6.54 Å². The third-order valence-corrected chi connectivity index (χ3v) is 5.35. The molecule has 1 aliphatic rings. The van der Waals surface area contributed by atoms with Crippen LogP contribution in [0.15, 0.2) is 4.79 Å². The van der Waals surface area contributed by atoms with Crippen LogP contribution in [0.5, 0.6) is 0 Å². The standard InChI is InChI=1S/C15H21N3OS/c1-4-16-9(3)13-17-14(19)12-10-6-5-8(2)7-11(10)20-15(12)18-13/h8-9,16H,4-7H2,1-3H3,(H,17,18,19)/p+1/t8-,9+/m1/s1. The monoisotopic (exact) mass is 292 g/mol. The topological polar surface area (TPSA) is 62.4 Å². The van der Waals surface area contributed by atoms with E-state index in [-0.39, 0.29) is 11.6 Å². The largest absolute Gasteiger partial charge is 0.338 e. The summed E-state index contributed by atoms with van der Waals surface area (Å²) in [5.41, 5.74) is 1.31. The van der Waals surface area contributed by atoms with Crippen molar-refractivity contribution in [2.24, 2.45) is 5.92 Å². The second kappa shape index (κ2) is 5.30. The second-order valence-corrected chi connectivity index (χ2v) is 7.00. The summed E-state index contributed by atoms with van der Waals surface area (Å²) in [6, 6.07) is 0.204. The van der Waals surface area contributed by atoms with E-state index in [1.165, 1.54) is 16.9 Å². The van der Waals surface area contributed by atoms with Gasteiger partial charge < -0.3 is 10.3 Å². The number of quaternary nitrogens is 1. The number of thiophene rings is 1. The predicted octanol–water partition coefficient (Wildman–Crippen LogP) is 1.75. The maximum absolute atomic E-state index is 12.4. The molecule has 0 aliphatic heterocycles. The molecule has 2 aromatic heterocycles. The molecule has 2 heterocycles. The van der Waals surface area contributed by atoms with Crippen molar-refractivity contribution in [1.29, 1.82) is 0 Å². The minimum Gasteiger partial charge on any atom is -0.338 e. The van der Waals surface area contributed by atoms with Crippen LogP contribution in [0.4, 0.5) is 0 Å². The molecule has 20 heavy (non-hydrogen) atoms. The first kappa shape index (κ1) is 13.8. The van der Waals surface area contributed by atoms with Gasteiger partial charge >= 0.3 is 0 Å². The van der Waals surface area contributed by atoms with E-state index < -0.39 is 0 Å². The molecule has 0 unspecified atom stereocenters. The Hall–Kier alpha value is -1.20. The summed E-state index contributed by atoms with van der Waals surface area (Å²) in [6.07, 6.45) is 3.30. The summed E-state index contributed by atoms with van der Waals surface area (Å²) in [4.78, 5) is 22.4. The van der Waals surface area contributed by atoms with Gasteiger partial charge in [-0.1, -0.05) is 6.92 Å². The van der Waals surface area contributed by atoms with E-state index in [1.807, 2.05) is 0 Å². The quantitative estimate of drug-likeness (QED) is 0.905. The molecule has 0 amide bonds. The highest BCUT2D eigenvalue weighted by Crippen LogP contribution is 2.35. The van der Waals surface area contributed by atoms with Crippen LogP contribution in [-0.2, 0) is 12.8 Å². The normalized spacial score (nSPS) is 20.1. The van der Waals surface area contributed by atoms with Crippen LogP contribution < -0.4 is 10.9 Å². The van der Waals surface area contributed by atoms with E-state index in [2.05, 4.69) is 31.1 Å². The van der Waals surface area contributed by atoms with Gasteiger partial charge in [0.25, 0.3) is 5.56 Å². The average molecular weight is 292 g/mol. The molecule has 0 bridgehead atoms. The molecule has 108 valence electrons. The molecule has 3 N–H and O–H groups in total. The average Bonchev–Trinajstić information content (AvgIpc) is 2.76. The van der Waals surface area contributed by atoms with Crippen LogP contribution in [0.3, 0.4) is 0 Å². The van der Waals surface area contributed by atoms with Gasteiger partial charge in [-0.25, -0.2) is 4.98 Å². The van der Waals surface area contributed by atoms with E-state index in [4.69, 9.17) is 4.98 Å². The molecule has 2 atom stereocenters. The summed E-state index contributed by atoms with van der Waals surface area (Å²) in [7, 11) is 0. The Morgan fingerprint density at radius 1 is 1.55 bits per heavy atom. The Labute approximate surface area is 122 Å².